The molecule has 1 nitrogen and oxygen atoms in total. The van der Waals surface area contributed by atoms with E-state index in [-0.39, 0.29) is 5.82 Å². The Morgan fingerprint density at radius 3 is 2.47 bits per heavy atom. The van der Waals surface area contributed by atoms with Crippen molar-refractivity contribution < 1.29 is 4.39 Å². The van der Waals surface area contributed by atoms with Gasteiger partial charge in [-0.05, 0) is 37.3 Å². The first-order chi connectivity index (χ1) is 8.08. The average molecular weight is 237 g/mol. The van der Waals surface area contributed by atoms with Crippen LogP contribution in [0.4, 0.5) is 10.1 Å². The maximum Gasteiger partial charge on any atom is 0.146 e. The van der Waals surface area contributed by atoms with Crippen LogP contribution < -0.4 is 5.32 Å². The number of aryl methyl sites for hydroxylation is 1. The van der Waals surface area contributed by atoms with Crippen molar-refractivity contribution in [3.8, 4) is 0 Å². The van der Waals surface area contributed by atoms with Crippen molar-refractivity contribution >= 4 is 5.69 Å². The normalized spacial score (nSPS) is 14.4. The van der Waals surface area contributed by atoms with Crippen molar-refractivity contribution in [2.45, 2.75) is 53.0 Å². The van der Waals surface area contributed by atoms with Gasteiger partial charge in [-0.3, -0.25) is 0 Å². The molecule has 0 aromatic heterocycles. The van der Waals surface area contributed by atoms with Crippen molar-refractivity contribution in [3.05, 3.63) is 29.6 Å². The van der Waals surface area contributed by atoms with Crippen molar-refractivity contribution in [1.82, 2.24) is 0 Å². The summed E-state index contributed by atoms with van der Waals surface area (Å²) in [5, 5.41) is 3.36. The summed E-state index contributed by atoms with van der Waals surface area (Å²) in [6.07, 6.45) is 3.30. The molecule has 0 aliphatic heterocycles. The van der Waals surface area contributed by atoms with Gasteiger partial charge in [-0.2, -0.15) is 0 Å². The van der Waals surface area contributed by atoms with Gasteiger partial charge in [0, 0.05) is 6.04 Å². The molecule has 2 heteroatoms. The Morgan fingerprint density at radius 1 is 1.24 bits per heavy atom. The summed E-state index contributed by atoms with van der Waals surface area (Å²) in [5.74, 6) is 0.534. The first kappa shape index (κ1) is 14.0. The van der Waals surface area contributed by atoms with Crippen molar-refractivity contribution in [2.75, 3.05) is 5.32 Å². The van der Waals surface area contributed by atoms with E-state index >= 15 is 0 Å². The molecule has 96 valence electrons. The number of nitrogens with one attached hydrogen (secondary N) is 1. The van der Waals surface area contributed by atoms with E-state index in [2.05, 4.69) is 26.1 Å². The summed E-state index contributed by atoms with van der Waals surface area (Å²) < 4.78 is 13.7. The molecule has 0 saturated carbocycles. The predicted octanol–water partition coefficient (Wildman–Crippen LogP) is 4.76. The zero-order chi connectivity index (χ0) is 12.8. The Labute approximate surface area is 104 Å². The fourth-order valence-corrected chi connectivity index (χ4v) is 2.00. The largest absolute Gasteiger partial charge is 0.380 e. The van der Waals surface area contributed by atoms with Crippen LogP contribution in [-0.2, 0) is 0 Å². The molecule has 0 aliphatic rings. The van der Waals surface area contributed by atoms with Crippen LogP contribution in [0.2, 0.25) is 0 Å². The van der Waals surface area contributed by atoms with Crippen LogP contribution in [0.5, 0.6) is 0 Å². The van der Waals surface area contributed by atoms with Gasteiger partial charge in [-0.1, -0.05) is 39.3 Å². The summed E-state index contributed by atoms with van der Waals surface area (Å²) in [5.41, 5.74) is 1.65. The summed E-state index contributed by atoms with van der Waals surface area (Å²) in [6.45, 7) is 8.54. The lowest BCUT2D eigenvalue weighted by atomic mass is 9.97. The molecule has 0 heterocycles. The van der Waals surface area contributed by atoms with Crippen LogP contribution in [-0.4, -0.2) is 6.04 Å². The van der Waals surface area contributed by atoms with Gasteiger partial charge in [0.05, 0.1) is 5.69 Å². The summed E-state index contributed by atoms with van der Waals surface area (Å²) in [6, 6.07) is 5.58. The summed E-state index contributed by atoms with van der Waals surface area (Å²) in [4.78, 5) is 0. The number of halogens is 1. The van der Waals surface area contributed by atoms with E-state index in [0.717, 1.165) is 18.4 Å². The zero-order valence-electron chi connectivity index (χ0n) is 11.4. The van der Waals surface area contributed by atoms with Crippen molar-refractivity contribution in [1.29, 1.82) is 0 Å². The van der Waals surface area contributed by atoms with Crippen LogP contribution in [0.3, 0.4) is 0 Å². The SMILES string of the molecule is CCC(C)CC(CC)Nc1c(C)cccc1F. The third-order valence-corrected chi connectivity index (χ3v) is 3.45. The number of hydrogen-bond acceptors (Lipinski definition) is 1. The Balaban J connectivity index is 2.73. The minimum atomic E-state index is -0.146. The maximum atomic E-state index is 13.7. The molecule has 2 unspecified atom stereocenters. The molecule has 2 atom stereocenters. The molecule has 1 aromatic rings. The third-order valence-electron chi connectivity index (χ3n) is 3.45. The Morgan fingerprint density at radius 2 is 1.94 bits per heavy atom. The number of rotatable bonds is 6. The Hall–Kier alpha value is -1.05. The fraction of sp³-hybridized carbons (Fsp3) is 0.600. The van der Waals surface area contributed by atoms with Gasteiger partial charge in [0.1, 0.15) is 5.82 Å². The van der Waals surface area contributed by atoms with Crippen LogP contribution in [0, 0.1) is 18.7 Å². The van der Waals surface area contributed by atoms with Gasteiger partial charge >= 0.3 is 0 Å². The topological polar surface area (TPSA) is 12.0 Å². The second-order valence-corrected chi connectivity index (χ2v) is 4.93. The second-order valence-electron chi connectivity index (χ2n) is 4.93. The molecule has 0 radical (unpaired) electrons. The number of hydrogen-bond donors (Lipinski definition) is 1. The van der Waals surface area contributed by atoms with Crippen LogP contribution in [0.25, 0.3) is 0 Å². The Bertz CT molecular complexity index is 329. The Kier molecular flexibility index (Phi) is 5.46. The van der Waals surface area contributed by atoms with E-state index < -0.39 is 0 Å². The van der Waals surface area contributed by atoms with E-state index in [1.54, 1.807) is 6.07 Å². The monoisotopic (exact) mass is 237 g/mol. The molecule has 0 amide bonds. The summed E-state index contributed by atoms with van der Waals surface area (Å²) in [7, 11) is 0. The van der Waals surface area contributed by atoms with E-state index in [1.807, 2.05) is 13.0 Å². The van der Waals surface area contributed by atoms with E-state index in [0.29, 0.717) is 17.6 Å². The smallest absolute Gasteiger partial charge is 0.146 e. The van der Waals surface area contributed by atoms with Crippen LogP contribution in [0.15, 0.2) is 18.2 Å². The van der Waals surface area contributed by atoms with Gasteiger partial charge in [0.15, 0.2) is 0 Å². The average Bonchev–Trinajstić information content (AvgIpc) is 2.32. The fourth-order valence-electron chi connectivity index (χ4n) is 2.00. The number of para-hydroxylation sites is 1. The van der Waals surface area contributed by atoms with Gasteiger partial charge in [0.25, 0.3) is 0 Å². The molecule has 17 heavy (non-hydrogen) atoms. The first-order valence-electron chi connectivity index (χ1n) is 6.60. The molecule has 0 saturated heterocycles. The minimum Gasteiger partial charge on any atom is -0.380 e. The third kappa shape index (κ3) is 4.03. The highest BCUT2D eigenvalue weighted by Crippen LogP contribution is 2.23. The lowest BCUT2D eigenvalue weighted by molar-refractivity contribution is 0.460. The van der Waals surface area contributed by atoms with Gasteiger partial charge < -0.3 is 5.32 Å². The van der Waals surface area contributed by atoms with E-state index in [1.165, 1.54) is 12.5 Å². The lowest BCUT2D eigenvalue weighted by Gasteiger charge is -2.22. The first-order valence-corrected chi connectivity index (χ1v) is 6.60. The molecule has 0 fully saturated rings. The van der Waals surface area contributed by atoms with Crippen LogP contribution in [0.1, 0.15) is 45.6 Å². The highest BCUT2D eigenvalue weighted by atomic mass is 19.1. The van der Waals surface area contributed by atoms with Gasteiger partial charge in [-0.15, -0.1) is 0 Å². The second kappa shape index (κ2) is 6.63. The van der Waals surface area contributed by atoms with Crippen molar-refractivity contribution in [2.24, 2.45) is 5.92 Å². The van der Waals surface area contributed by atoms with E-state index in [9.17, 15) is 4.39 Å². The van der Waals surface area contributed by atoms with Gasteiger partial charge in [0.2, 0.25) is 0 Å². The number of anilines is 1. The van der Waals surface area contributed by atoms with Gasteiger partial charge in [-0.25, -0.2) is 4.39 Å². The predicted molar refractivity (Wildman–Crippen MR) is 72.9 cm³/mol. The number of benzene rings is 1. The molecular formula is C15H24FN. The van der Waals surface area contributed by atoms with Crippen LogP contribution >= 0.6 is 0 Å². The quantitative estimate of drug-likeness (QED) is 0.752. The highest BCUT2D eigenvalue weighted by molar-refractivity contribution is 5.52. The van der Waals surface area contributed by atoms with Crippen molar-refractivity contribution in [3.63, 3.8) is 0 Å². The maximum absolute atomic E-state index is 13.7. The molecule has 1 aromatic carbocycles. The summed E-state index contributed by atoms with van der Waals surface area (Å²) >= 11 is 0. The minimum absolute atomic E-state index is 0.146. The van der Waals surface area contributed by atoms with E-state index in [4.69, 9.17) is 0 Å². The molecule has 1 N–H and O–H groups in total. The molecule has 0 aliphatic carbocycles. The standard InChI is InChI=1S/C15H24FN/c1-5-11(3)10-13(6-2)17-15-12(4)8-7-9-14(15)16/h7-9,11,13,17H,5-6,10H2,1-4H3. The highest BCUT2D eigenvalue weighted by Gasteiger charge is 2.13. The molecule has 0 spiro atoms. The molecule has 0 bridgehead atoms. The lowest BCUT2D eigenvalue weighted by Crippen LogP contribution is -2.22. The molecule has 1 rings (SSSR count). The zero-order valence-corrected chi connectivity index (χ0v) is 11.4. The molecular weight excluding hydrogens is 213 g/mol.